The molecule has 0 unspecified atom stereocenters. The summed E-state index contributed by atoms with van der Waals surface area (Å²) in [5.74, 6) is 0.247. The highest BCUT2D eigenvalue weighted by molar-refractivity contribution is 8.04. The van der Waals surface area contributed by atoms with Crippen molar-refractivity contribution in [3.63, 3.8) is 0 Å². The van der Waals surface area contributed by atoms with Crippen molar-refractivity contribution < 1.29 is 21.6 Å². The molecule has 0 radical (unpaired) electrons. The van der Waals surface area contributed by atoms with Gasteiger partial charge >= 0.3 is 0 Å². The molecule has 5 rings (SSSR count). The van der Waals surface area contributed by atoms with Gasteiger partial charge in [-0.15, -0.1) is 0 Å². The van der Waals surface area contributed by atoms with Gasteiger partial charge in [-0.1, -0.05) is 65.7 Å². The number of hydrogen-bond acceptors (Lipinski definition) is 6. The van der Waals surface area contributed by atoms with Gasteiger partial charge in [0.1, 0.15) is 0 Å². The first-order chi connectivity index (χ1) is 18.2. The fourth-order valence-electron chi connectivity index (χ4n) is 3.86. The Morgan fingerprint density at radius 1 is 0.658 bits per heavy atom. The van der Waals surface area contributed by atoms with Crippen LogP contribution in [0, 0.1) is 13.8 Å². The Kier molecular flexibility index (Phi) is 6.64. The molecule has 0 spiro atoms. The minimum absolute atomic E-state index is 0.0285. The number of para-hydroxylation sites is 1. The molecule has 1 aliphatic heterocycles. The number of fused-ring (bicyclic) bond motifs is 1. The highest BCUT2D eigenvalue weighted by atomic mass is 32.3. The van der Waals surface area contributed by atoms with E-state index in [0.717, 1.165) is 17.3 Å². The van der Waals surface area contributed by atoms with Gasteiger partial charge < -0.3 is 4.74 Å². The third kappa shape index (κ3) is 4.85. The van der Waals surface area contributed by atoms with Gasteiger partial charge in [0, 0.05) is 11.1 Å². The van der Waals surface area contributed by atoms with E-state index in [1.54, 1.807) is 60.7 Å². The van der Waals surface area contributed by atoms with Gasteiger partial charge in [0.05, 0.1) is 21.7 Å². The summed E-state index contributed by atoms with van der Waals surface area (Å²) in [4.78, 5) is 4.23. The Labute approximate surface area is 222 Å². The molecule has 9 heteroatoms. The second kappa shape index (κ2) is 9.92. The highest BCUT2D eigenvalue weighted by Gasteiger charge is 2.36. The summed E-state index contributed by atoms with van der Waals surface area (Å²) < 4.78 is 62.0. The van der Waals surface area contributed by atoms with Crippen molar-refractivity contribution in [3.05, 3.63) is 132 Å². The van der Waals surface area contributed by atoms with Crippen LogP contribution in [0.2, 0.25) is 0 Å². The van der Waals surface area contributed by atoms with Crippen LogP contribution >= 0.6 is 0 Å². The van der Waals surface area contributed by atoms with E-state index in [1.807, 2.05) is 32.0 Å². The zero-order valence-electron chi connectivity index (χ0n) is 20.6. The average Bonchev–Trinajstić information content (AvgIpc) is 2.92. The van der Waals surface area contributed by atoms with Crippen molar-refractivity contribution in [1.29, 1.82) is 0 Å². The molecule has 0 N–H and O–H groups in total. The zero-order chi connectivity index (χ0) is 26.9. The van der Waals surface area contributed by atoms with Crippen LogP contribution in [0.1, 0.15) is 22.3 Å². The smallest absolute Gasteiger partial charge is 0.277 e. The van der Waals surface area contributed by atoms with Crippen molar-refractivity contribution in [2.24, 2.45) is 4.99 Å². The van der Waals surface area contributed by atoms with Gasteiger partial charge in [-0.05, 0) is 62.4 Å². The molecule has 4 aromatic carbocycles. The number of ether oxygens (including phenoxy) is 1. The fraction of sp³-hybridized carbons (Fsp3) is 0.0690. The summed E-state index contributed by atoms with van der Waals surface area (Å²) in [6.07, 6.45) is 1.01. The lowest BCUT2D eigenvalue weighted by Gasteiger charge is -2.24. The average molecular weight is 545 g/mol. The second-order valence-electron chi connectivity index (χ2n) is 8.76. The van der Waals surface area contributed by atoms with E-state index in [-0.39, 0.29) is 21.4 Å². The molecule has 0 atom stereocenters. The van der Waals surface area contributed by atoms with E-state index in [0.29, 0.717) is 20.5 Å². The summed E-state index contributed by atoms with van der Waals surface area (Å²) in [7, 11) is -9.14. The first-order valence-corrected chi connectivity index (χ1v) is 14.6. The van der Waals surface area contributed by atoms with Gasteiger partial charge in [-0.25, -0.2) is 21.8 Å². The molecule has 38 heavy (non-hydrogen) atoms. The van der Waals surface area contributed by atoms with E-state index in [1.165, 1.54) is 24.3 Å². The van der Waals surface area contributed by atoms with Crippen LogP contribution in [0.5, 0.6) is 0 Å². The molecule has 7 nitrogen and oxygen atoms in total. The molecule has 4 aromatic rings. The Balaban J connectivity index is 1.72. The van der Waals surface area contributed by atoms with Crippen LogP contribution in [0.15, 0.2) is 124 Å². The Morgan fingerprint density at radius 3 is 1.71 bits per heavy atom. The van der Waals surface area contributed by atoms with Gasteiger partial charge in [0.15, 0.2) is 5.76 Å². The highest BCUT2D eigenvalue weighted by Crippen LogP contribution is 2.36. The number of aliphatic imine (C=N–C) groups is 1. The van der Waals surface area contributed by atoms with Crippen LogP contribution in [0.3, 0.4) is 0 Å². The van der Waals surface area contributed by atoms with E-state index >= 15 is 0 Å². The number of aryl methyl sites for hydroxylation is 2. The maximum atomic E-state index is 13.9. The lowest BCUT2D eigenvalue weighted by Crippen LogP contribution is -2.33. The quantitative estimate of drug-likeness (QED) is 0.306. The summed E-state index contributed by atoms with van der Waals surface area (Å²) in [6, 6.07) is 28.1. The number of benzene rings is 4. The maximum Gasteiger partial charge on any atom is 0.277 e. The van der Waals surface area contributed by atoms with Crippen LogP contribution < -0.4 is 0 Å². The summed E-state index contributed by atoms with van der Waals surface area (Å²) in [6.45, 7) is 3.63. The lowest BCUT2D eigenvalue weighted by atomic mass is 10.1. The molecule has 192 valence electrons. The molecule has 0 saturated heterocycles. The minimum atomic E-state index is -4.57. The van der Waals surface area contributed by atoms with Crippen molar-refractivity contribution >= 4 is 37.4 Å². The maximum absolute atomic E-state index is 13.9. The van der Waals surface area contributed by atoms with Gasteiger partial charge in [-0.2, -0.15) is 3.71 Å². The van der Waals surface area contributed by atoms with E-state index in [9.17, 15) is 16.8 Å². The zero-order valence-corrected chi connectivity index (χ0v) is 22.3. The van der Waals surface area contributed by atoms with E-state index in [4.69, 9.17) is 4.74 Å². The third-order valence-corrected chi connectivity index (χ3v) is 10.0. The van der Waals surface area contributed by atoms with Gasteiger partial charge in [0.25, 0.3) is 20.0 Å². The molecule has 0 saturated carbocycles. The standard InChI is InChI=1S/C29H24N2O5S2/c1-21-12-16-24(17-13-21)37(32,33)31(38(34,35)25-18-14-22(2)15-19-25)20-28-26-10-6-7-11-27(26)30-29(36-28)23-8-4-3-5-9-23/h3-20H,1-2H3/b28-20-. The third-order valence-electron chi connectivity index (χ3n) is 5.95. The molecule has 0 bridgehead atoms. The van der Waals surface area contributed by atoms with Crippen molar-refractivity contribution in [1.82, 2.24) is 3.71 Å². The topological polar surface area (TPSA) is 93.1 Å². The fourth-order valence-corrected chi connectivity index (χ4v) is 7.26. The molecule has 1 heterocycles. The summed E-state index contributed by atoms with van der Waals surface area (Å²) >= 11 is 0. The first-order valence-electron chi connectivity index (χ1n) is 11.7. The molecular formula is C29H24N2O5S2. The number of nitrogens with zero attached hydrogens (tertiary/aromatic N) is 2. The van der Waals surface area contributed by atoms with E-state index in [2.05, 4.69) is 4.99 Å². The Bertz CT molecular complexity index is 1690. The molecular weight excluding hydrogens is 520 g/mol. The predicted molar refractivity (Wildman–Crippen MR) is 147 cm³/mol. The number of sulfonamides is 2. The van der Waals surface area contributed by atoms with Crippen molar-refractivity contribution in [2.45, 2.75) is 23.6 Å². The van der Waals surface area contributed by atoms with Gasteiger partial charge in [-0.3, -0.25) is 0 Å². The molecule has 0 aliphatic carbocycles. The molecule has 1 aliphatic rings. The Morgan fingerprint density at radius 2 is 1.16 bits per heavy atom. The first kappa shape index (κ1) is 25.4. The number of hydrogen-bond donors (Lipinski definition) is 0. The van der Waals surface area contributed by atoms with E-state index < -0.39 is 20.0 Å². The SMILES string of the molecule is Cc1ccc(S(=O)(=O)N(/C=C2\OC(c3ccccc3)=Nc3ccccc32)S(=O)(=O)c2ccc(C)cc2)cc1. The van der Waals surface area contributed by atoms with Crippen LogP contribution in [0.25, 0.3) is 5.76 Å². The monoisotopic (exact) mass is 544 g/mol. The van der Waals surface area contributed by atoms with Gasteiger partial charge in [0.2, 0.25) is 5.90 Å². The van der Waals surface area contributed by atoms with Crippen LogP contribution in [-0.2, 0) is 24.8 Å². The van der Waals surface area contributed by atoms with Crippen molar-refractivity contribution in [2.75, 3.05) is 0 Å². The largest absolute Gasteiger partial charge is 0.436 e. The number of rotatable bonds is 6. The normalized spacial score (nSPS) is 14.4. The Hall–Kier alpha value is -4.21. The van der Waals surface area contributed by atoms with Crippen LogP contribution in [-0.4, -0.2) is 26.4 Å². The summed E-state index contributed by atoms with van der Waals surface area (Å²) in [5, 5.41) is 0. The predicted octanol–water partition coefficient (Wildman–Crippen LogP) is 5.79. The molecule has 0 fully saturated rings. The van der Waals surface area contributed by atoms with Crippen LogP contribution in [0.4, 0.5) is 5.69 Å². The molecule has 0 aromatic heterocycles. The minimum Gasteiger partial charge on any atom is -0.436 e. The van der Waals surface area contributed by atoms with Crippen molar-refractivity contribution in [3.8, 4) is 0 Å². The lowest BCUT2D eigenvalue weighted by molar-refractivity contribution is 0.490. The summed E-state index contributed by atoms with van der Waals surface area (Å²) in [5.41, 5.74) is 3.30. The molecule has 0 amide bonds. The second-order valence-corrected chi connectivity index (χ2v) is 12.6.